The molecule has 0 radical (unpaired) electrons. The first-order valence-corrected chi connectivity index (χ1v) is 4.65. The van der Waals surface area contributed by atoms with E-state index in [0.29, 0.717) is 12.3 Å². The van der Waals surface area contributed by atoms with E-state index in [1.807, 2.05) is 0 Å². The van der Waals surface area contributed by atoms with Gasteiger partial charge in [0.2, 0.25) is 5.88 Å². The lowest BCUT2D eigenvalue weighted by atomic mass is 10.4. The number of hydrogen-bond donors (Lipinski definition) is 1. The third-order valence-electron chi connectivity index (χ3n) is 1.20. The van der Waals surface area contributed by atoms with Crippen LogP contribution in [0.2, 0.25) is 0 Å². The second-order valence-corrected chi connectivity index (χ2v) is 3.55. The summed E-state index contributed by atoms with van der Waals surface area (Å²) >= 11 is 4.67. The molecule has 1 aromatic heterocycles. The van der Waals surface area contributed by atoms with Crippen LogP contribution in [0.3, 0.4) is 0 Å². The van der Waals surface area contributed by atoms with Crippen LogP contribution in [-0.4, -0.2) is 23.2 Å². The first-order chi connectivity index (χ1) is 5.29. The highest BCUT2D eigenvalue weighted by Gasteiger charge is 2.09. The molecule has 0 atom stereocenters. The predicted molar refractivity (Wildman–Crippen MR) is 47.2 cm³/mol. The van der Waals surface area contributed by atoms with Gasteiger partial charge in [0.1, 0.15) is 0 Å². The number of nitrogens with zero attached hydrogens (tertiary/aromatic N) is 1. The van der Waals surface area contributed by atoms with Gasteiger partial charge in [-0.2, -0.15) is 4.37 Å². The van der Waals surface area contributed by atoms with E-state index in [4.69, 9.17) is 9.84 Å². The van der Waals surface area contributed by atoms with Crippen molar-refractivity contribution >= 4 is 27.5 Å². The van der Waals surface area contributed by atoms with Crippen molar-refractivity contribution in [1.29, 1.82) is 0 Å². The summed E-state index contributed by atoms with van der Waals surface area (Å²) in [6.45, 7) is 0.143. The molecule has 62 valence electrons. The van der Waals surface area contributed by atoms with E-state index in [9.17, 15) is 0 Å². The molecule has 5 heteroatoms. The molecule has 0 amide bonds. The van der Waals surface area contributed by atoms with E-state index in [0.717, 1.165) is 9.35 Å². The average Bonchev–Trinajstić information content (AvgIpc) is 2.34. The van der Waals surface area contributed by atoms with Gasteiger partial charge in [-0.1, -0.05) is 0 Å². The minimum absolute atomic E-state index is 0.143. The lowest BCUT2D eigenvalue weighted by molar-refractivity contribution is 0.300. The van der Waals surface area contributed by atoms with Gasteiger partial charge in [0.25, 0.3) is 0 Å². The molecule has 1 heterocycles. The zero-order valence-electron chi connectivity index (χ0n) is 6.00. The van der Waals surface area contributed by atoms with Crippen LogP contribution in [0.4, 0.5) is 0 Å². The van der Waals surface area contributed by atoms with Gasteiger partial charge >= 0.3 is 0 Å². The quantitative estimate of drug-likeness (QED) is 0.866. The number of hydrogen-bond acceptors (Lipinski definition) is 4. The van der Waals surface area contributed by atoms with Crippen LogP contribution in [0.5, 0.6) is 5.88 Å². The minimum atomic E-state index is 0.143. The molecule has 0 aliphatic heterocycles. The van der Waals surface area contributed by atoms with Crippen molar-refractivity contribution in [2.45, 2.75) is 6.42 Å². The molecule has 0 bridgehead atoms. The molecule has 0 aromatic carbocycles. The van der Waals surface area contributed by atoms with Crippen LogP contribution in [0.1, 0.15) is 4.88 Å². The van der Waals surface area contributed by atoms with Gasteiger partial charge < -0.3 is 9.84 Å². The maximum absolute atomic E-state index is 8.64. The number of ether oxygens (including phenoxy) is 1. The molecule has 0 fully saturated rings. The van der Waals surface area contributed by atoms with Crippen LogP contribution in [0, 0.1) is 0 Å². The molecule has 1 rings (SSSR count). The lowest BCUT2D eigenvalue weighted by Crippen LogP contribution is -1.87. The van der Waals surface area contributed by atoms with Gasteiger partial charge in [-0.15, -0.1) is 0 Å². The lowest BCUT2D eigenvalue weighted by Gasteiger charge is -1.93. The Labute approximate surface area is 77.3 Å². The second-order valence-electron chi connectivity index (χ2n) is 1.90. The predicted octanol–water partition coefficient (Wildman–Crippen LogP) is 1.45. The Morgan fingerprint density at radius 2 is 2.45 bits per heavy atom. The Hall–Kier alpha value is -0.130. The summed E-state index contributed by atoms with van der Waals surface area (Å²) in [6.07, 6.45) is 0.627. The van der Waals surface area contributed by atoms with E-state index < -0.39 is 0 Å². The van der Waals surface area contributed by atoms with Gasteiger partial charge in [-0.3, -0.25) is 0 Å². The van der Waals surface area contributed by atoms with E-state index in [1.54, 1.807) is 7.11 Å². The van der Waals surface area contributed by atoms with E-state index >= 15 is 0 Å². The maximum atomic E-state index is 8.64. The number of aliphatic hydroxyl groups is 1. The van der Waals surface area contributed by atoms with Gasteiger partial charge in [0.05, 0.1) is 11.6 Å². The van der Waals surface area contributed by atoms with Crippen molar-refractivity contribution in [2.75, 3.05) is 13.7 Å². The molecule has 0 aliphatic carbocycles. The van der Waals surface area contributed by atoms with E-state index in [1.165, 1.54) is 11.5 Å². The Kier molecular flexibility index (Phi) is 3.29. The smallest absolute Gasteiger partial charge is 0.239 e. The summed E-state index contributed by atoms with van der Waals surface area (Å²) in [7, 11) is 1.57. The Bertz CT molecular complexity index is 238. The normalized spacial score (nSPS) is 10.1. The number of halogens is 1. The molecule has 0 aliphatic rings. The highest BCUT2D eigenvalue weighted by molar-refractivity contribution is 9.10. The van der Waals surface area contributed by atoms with Crippen LogP contribution >= 0.6 is 27.5 Å². The van der Waals surface area contributed by atoms with Gasteiger partial charge in [0.15, 0.2) is 0 Å². The first kappa shape index (κ1) is 8.96. The summed E-state index contributed by atoms with van der Waals surface area (Å²) in [5, 5.41) is 8.64. The van der Waals surface area contributed by atoms with Crippen LogP contribution in [0.15, 0.2) is 4.47 Å². The SMILES string of the molecule is COc1nsc(CCO)c1Br. The molecular weight excluding hydrogens is 230 g/mol. The standard InChI is InChI=1S/C6H8BrNO2S/c1-10-6-5(7)4(2-3-9)11-8-6/h9H,2-3H2,1H3. The summed E-state index contributed by atoms with van der Waals surface area (Å²) in [5.74, 6) is 0.596. The summed E-state index contributed by atoms with van der Waals surface area (Å²) in [4.78, 5) is 1.02. The molecular formula is C6H8BrNO2S. The van der Waals surface area contributed by atoms with E-state index in [2.05, 4.69) is 20.3 Å². The van der Waals surface area contributed by atoms with Gasteiger partial charge in [0, 0.05) is 17.9 Å². The van der Waals surface area contributed by atoms with Crippen LogP contribution in [-0.2, 0) is 6.42 Å². The molecule has 0 unspecified atom stereocenters. The fraction of sp³-hybridized carbons (Fsp3) is 0.500. The molecule has 3 nitrogen and oxygen atoms in total. The Morgan fingerprint density at radius 1 is 1.73 bits per heavy atom. The molecule has 11 heavy (non-hydrogen) atoms. The van der Waals surface area contributed by atoms with Gasteiger partial charge in [-0.25, -0.2) is 0 Å². The van der Waals surface area contributed by atoms with Crippen molar-refractivity contribution < 1.29 is 9.84 Å². The molecule has 0 saturated carbocycles. The zero-order chi connectivity index (χ0) is 8.27. The molecule has 0 spiro atoms. The fourth-order valence-corrected chi connectivity index (χ4v) is 2.17. The number of methoxy groups -OCH3 is 1. The average molecular weight is 238 g/mol. The third kappa shape index (κ3) is 1.91. The summed E-state index contributed by atoms with van der Waals surface area (Å²) in [5.41, 5.74) is 0. The monoisotopic (exact) mass is 237 g/mol. The van der Waals surface area contributed by atoms with Gasteiger partial charge in [-0.05, 0) is 27.5 Å². The maximum Gasteiger partial charge on any atom is 0.239 e. The Balaban J connectivity index is 2.82. The third-order valence-corrected chi connectivity index (χ3v) is 3.17. The Morgan fingerprint density at radius 3 is 2.91 bits per heavy atom. The number of aromatic nitrogens is 1. The van der Waals surface area contributed by atoms with Crippen molar-refractivity contribution in [3.63, 3.8) is 0 Å². The highest BCUT2D eigenvalue weighted by atomic mass is 79.9. The largest absolute Gasteiger partial charge is 0.480 e. The molecule has 1 aromatic rings. The summed E-state index contributed by atoms with van der Waals surface area (Å²) in [6, 6.07) is 0. The number of rotatable bonds is 3. The van der Waals surface area contributed by atoms with Crippen molar-refractivity contribution in [3.05, 3.63) is 9.35 Å². The second kappa shape index (κ2) is 4.04. The number of aliphatic hydroxyl groups excluding tert-OH is 1. The molecule has 1 N–H and O–H groups in total. The fourth-order valence-electron chi connectivity index (χ4n) is 0.680. The summed E-state index contributed by atoms with van der Waals surface area (Å²) < 4.78 is 9.82. The zero-order valence-corrected chi connectivity index (χ0v) is 8.41. The van der Waals surface area contributed by atoms with Crippen molar-refractivity contribution in [2.24, 2.45) is 0 Å². The van der Waals surface area contributed by atoms with Crippen LogP contribution < -0.4 is 4.74 Å². The van der Waals surface area contributed by atoms with Crippen molar-refractivity contribution in [3.8, 4) is 5.88 Å². The van der Waals surface area contributed by atoms with Crippen LogP contribution in [0.25, 0.3) is 0 Å². The topological polar surface area (TPSA) is 42.4 Å². The van der Waals surface area contributed by atoms with Crippen molar-refractivity contribution in [1.82, 2.24) is 4.37 Å². The highest BCUT2D eigenvalue weighted by Crippen LogP contribution is 2.30. The molecule has 0 saturated heterocycles. The first-order valence-electron chi connectivity index (χ1n) is 3.08. The van der Waals surface area contributed by atoms with E-state index in [-0.39, 0.29) is 6.61 Å². The minimum Gasteiger partial charge on any atom is -0.480 e.